The maximum atomic E-state index is 12.6. The number of H-pyrrole nitrogens is 1. The Morgan fingerprint density at radius 3 is 2.75 bits per heavy atom. The van der Waals surface area contributed by atoms with E-state index < -0.39 is 10.8 Å². The lowest BCUT2D eigenvalue weighted by Crippen LogP contribution is -2.37. The molecule has 0 aliphatic carbocycles. The maximum Gasteiger partial charge on any atom is 0.322 e. The highest BCUT2D eigenvalue weighted by Gasteiger charge is 2.30. The van der Waals surface area contributed by atoms with Crippen LogP contribution in [-0.4, -0.2) is 46.1 Å². The molecule has 24 heavy (non-hydrogen) atoms. The average Bonchev–Trinajstić information content (AvgIpc) is 2.95. The molecule has 1 N–H and O–H groups in total. The molecular weight excluding hydrogens is 312 g/mol. The number of benzene rings is 1. The summed E-state index contributed by atoms with van der Waals surface area (Å²) >= 11 is 0. The second-order valence-electron chi connectivity index (χ2n) is 5.58. The van der Waals surface area contributed by atoms with Gasteiger partial charge >= 0.3 is 5.69 Å². The number of nitrogens with zero attached hydrogens (tertiary/aromatic N) is 3. The van der Waals surface area contributed by atoms with E-state index in [0.29, 0.717) is 6.42 Å². The van der Waals surface area contributed by atoms with Crippen molar-refractivity contribution in [1.29, 1.82) is 0 Å². The quantitative estimate of drug-likeness (QED) is 0.646. The van der Waals surface area contributed by atoms with Crippen molar-refractivity contribution >= 4 is 11.6 Å². The molecule has 2 aromatic rings. The van der Waals surface area contributed by atoms with Crippen molar-refractivity contribution in [2.24, 2.45) is 0 Å². The highest BCUT2D eigenvalue weighted by Crippen LogP contribution is 2.24. The first-order valence-electron chi connectivity index (χ1n) is 7.45. The fourth-order valence-electron chi connectivity index (χ4n) is 2.49. The number of methoxy groups -OCH3 is 1. The molecular formula is C16H20N4O4. The molecule has 1 heterocycles. The van der Waals surface area contributed by atoms with Crippen LogP contribution in [0.4, 0.5) is 5.69 Å². The van der Waals surface area contributed by atoms with Gasteiger partial charge < -0.3 is 9.64 Å². The first-order chi connectivity index (χ1) is 11.4. The van der Waals surface area contributed by atoms with Gasteiger partial charge in [0.05, 0.1) is 12.0 Å². The van der Waals surface area contributed by atoms with Gasteiger partial charge in [0.15, 0.2) is 0 Å². The van der Waals surface area contributed by atoms with E-state index in [-0.39, 0.29) is 23.1 Å². The number of para-hydroxylation sites is 1. The van der Waals surface area contributed by atoms with Crippen LogP contribution in [0.15, 0.2) is 24.3 Å². The van der Waals surface area contributed by atoms with Crippen LogP contribution in [0.3, 0.4) is 0 Å². The van der Waals surface area contributed by atoms with E-state index in [2.05, 4.69) is 10.2 Å². The van der Waals surface area contributed by atoms with Crippen molar-refractivity contribution < 1.29 is 14.5 Å². The van der Waals surface area contributed by atoms with E-state index in [1.54, 1.807) is 14.2 Å². The van der Waals surface area contributed by atoms with E-state index in [0.717, 1.165) is 11.3 Å². The second-order valence-corrected chi connectivity index (χ2v) is 5.58. The molecule has 0 aliphatic rings. The number of likely N-dealkylation sites (N-methyl/N-ethyl adjacent to an activating group) is 1. The number of aromatic amines is 1. The molecule has 0 spiro atoms. The number of carbonyl (C=O) groups excluding carboxylic acids is 1. The Kier molecular flexibility index (Phi) is 5.18. The summed E-state index contributed by atoms with van der Waals surface area (Å²) in [4.78, 5) is 24.6. The summed E-state index contributed by atoms with van der Waals surface area (Å²) in [6, 6.07) is 7.36. The Hall–Kier alpha value is -2.90. The Bertz CT molecular complexity index is 756. The zero-order valence-electron chi connectivity index (χ0n) is 14.1. The topological polar surface area (TPSA) is 101 Å². The lowest BCUT2D eigenvalue weighted by Gasteiger charge is -2.24. The fourth-order valence-corrected chi connectivity index (χ4v) is 2.49. The Balaban J connectivity index is 2.20. The van der Waals surface area contributed by atoms with Gasteiger partial charge in [-0.1, -0.05) is 18.2 Å². The number of nitrogens with one attached hydrogen (secondary N) is 1. The number of carbonyl (C=O) groups is 1. The first-order valence-corrected chi connectivity index (χ1v) is 7.45. The largest absolute Gasteiger partial charge is 0.496 e. The van der Waals surface area contributed by atoms with Gasteiger partial charge in [-0.3, -0.25) is 20.0 Å². The molecule has 8 nitrogen and oxygen atoms in total. The number of amides is 1. The molecule has 1 aromatic heterocycles. The van der Waals surface area contributed by atoms with Crippen molar-refractivity contribution in [1.82, 2.24) is 15.1 Å². The smallest absolute Gasteiger partial charge is 0.322 e. The number of rotatable bonds is 6. The zero-order chi connectivity index (χ0) is 17.9. The summed E-state index contributed by atoms with van der Waals surface area (Å²) in [5.74, 6) is 0.250. The van der Waals surface area contributed by atoms with Crippen LogP contribution in [0.1, 0.15) is 28.7 Å². The molecule has 0 unspecified atom stereocenters. The number of ether oxygens (including phenoxy) is 1. The summed E-state index contributed by atoms with van der Waals surface area (Å²) in [5.41, 5.74) is 0.761. The van der Waals surface area contributed by atoms with Gasteiger partial charge in [0.2, 0.25) is 5.69 Å². The minimum atomic E-state index is -0.592. The normalized spacial score (nSPS) is 11.8. The SMILES string of the molecule is COc1ccccc1C[C@@H](C)N(C)C(=O)c1n[nH]c(C)c1[N+](=O)[O-]. The van der Waals surface area contributed by atoms with E-state index in [4.69, 9.17) is 4.74 Å². The minimum Gasteiger partial charge on any atom is -0.496 e. The van der Waals surface area contributed by atoms with E-state index in [1.165, 1.54) is 11.8 Å². The zero-order valence-corrected chi connectivity index (χ0v) is 14.1. The highest BCUT2D eigenvalue weighted by molar-refractivity contribution is 5.96. The summed E-state index contributed by atoms with van der Waals surface area (Å²) in [7, 11) is 3.20. The first kappa shape index (κ1) is 17.5. The second kappa shape index (κ2) is 7.12. The molecule has 0 saturated carbocycles. The van der Waals surface area contributed by atoms with Gasteiger partial charge in [-0.2, -0.15) is 5.10 Å². The summed E-state index contributed by atoms with van der Waals surface area (Å²) in [6.45, 7) is 3.38. The van der Waals surface area contributed by atoms with E-state index in [9.17, 15) is 14.9 Å². The summed E-state index contributed by atoms with van der Waals surface area (Å²) in [6.07, 6.45) is 0.559. The maximum absolute atomic E-state index is 12.6. The molecule has 0 saturated heterocycles. The van der Waals surface area contributed by atoms with E-state index in [1.807, 2.05) is 31.2 Å². The van der Waals surface area contributed by atoms with Crippen LogP contribution >= 0.6 is 0 Å². The van der Waals surface area contributed by atoms with E-state index >= 15 is 0 Å². The molecule has 0 radical (unpaired) electrons. The Labute approximate surface area is 139 Å². The molecule has 1 aromatic carbocycles. The highest BCUT2D eigenvalue weighted by atomic mass is 16.6. The van der Waals surface area contributed by atoms with Gasteiger partial charge in [-0.15, -0.1) is 0 Å². The molecule has 8 heteroatoms. The average molecular weight is 332 g/mol. The molecule has 0 bridgehead atoms. The van der Waals surface area contributed by atoms with Gasteiger partial charge in [0.25, 0.3) is 5.91 Å². The molecule has 0 fully saturated rings. The van der Waals surface area contributed by atoms with Gasteiger partial charge in [0, 0.05) is 13.1 Å². The van der Waals surface area contributed by atoms with Gasteiger partial charge in [-0.05, 0) is 31.9 Å². The van der Waals surface area contributed by atoms with Crippen molar-refractivity contribution in [2.75, 3.05) is 14.2 Å². The third-order valence-corrected chi connectivity index (χ3v) is 3.99. The Morgan fingerprint density at radius 1 is 1.46 bits per heavy atom. The fraction of sp³-hybridized carbons (Fsp3) is 0.375. The van der Waals surface area contributed by atoms with Crippen LogP contribution in [0.2, 0.25) is 0 Å². The van der Waals surface area contributed by atoms with Crippen LogP contribution in [-0.2, 0) is 6.42 Å². The predicted molar refractivity (Wildman–Crippen MR) is 88.2 cm³/mol. The third kappa shape index (κ3) is 3.37. The van der Waals surface area contributed by atoms with Crippen LogP contribution < -0.4 is 4.74 Å². The molecule has 1 atom stereocenters. The lowest BCUT2D eigenvalue weighted by atomic mass is 10.0. The van der Waals surface area contributed by atoms with Crippen molar-refractivity contribution in [3.63, 3.8) is 0 Å². The number of aromatic nitrogens is 2. The van der Waals surface area contributed by atoms with Gasteiger partial charge in [0.1, 0.15) is 11.4 Å². The number of hydrogen-bond donors (Lipinski definition) is 1. The van der Waals surface area contributed by atoms with Crippen LogP contribution in [0, 0.1) is 17.0 Å². The summed E-state index contributed by atoms with van der Waals surface area (Å²) < 4.78 is 5.31. The molecule has 128 valence electrons. The van der Waals surface area contributed by atoms with Crippen molar-refractivity contribution in [3.05, 3.63) is 51.3 Å². The van der Waals surface area contributed by atoms with Crippen LogP contribution in [0.25, 0.3) is 0 Å². The molecule has 2 rings (SSSR count). The number of aryl methyl sites for hydroxylation is 1. The lowest BCUT2D eigenvalue weighted by molar-refractivity contribution is -0.385. The predicted octanol–water partition coefficient (Wildman–Crippen LogP) is 2.34. The monoisotopic (exact) mass is 332 g/mol. The van der Waals surface area contributed by atoms with Gasteiger partial charge in [-0.25, -0.2) is 0 Å². The van der Waals surface area contributed by atoms with Crippen molar-refractivity contribution in [3.8, 4) is 5.75 Å². The minimum absolute atomic E-state index is 0.174. The standard InChI is InChI=1S/C16H20N4O4/c1-10(9-12-7-5-6-8-13(12)24-4)19(3)16(21)14-15(20(22)23)11(2)17-18-14/h5-8,10H,9H2,1-4H3,(H,17,18)/t10-/m1/s1. The van der Waals surface area contributed by atoms with Crippen LogP contribution in [0.5, 0.6) is 5.75 Å². The molecule has 1 amide bonds. The number of hydrogen-bond acceptors (Lipinski definition) is 5. The molecule has 0 aliphatic heterocycles. The van der Waals surface area contributed by atoms with Crippen molar-refractivity contribution in [2.45, 2.75) is 26.3 Å². The Morgan fingerprint density at radius 2 is 2.12 bits per heavy atom. The third-order valence-electron chi connectivity index (χ3n) is 3.99. The number of nitro groups is 1. The summed E-state index contributed by atoms with van der Waals surface area (Å²) in [5, 5.41) is 17.4.